The number of nitro groups is 1. The summed E-state index contributed by atoms with van der Waals surface area (Å²) in [6.07, 6.45) is 1.13. The molecule has 1 N–H and O–H groups in total. The Morgan fingerprint density at radius 2 is 2.00 bits per heavy atom. The summed E-state index contributed by atoms with van der Waals surface area (Å²) in [7, 11) is -3.73. The van der Waals surface area contributed by atoms with Crippen LogP contribution in [0.1, 0.15) is 12.8 Å². The molecule has 0 spiro atoms. The van der Waals surface area contributed by atoms with Gasteiger partial charge in [-0.3, -0.25) is 14.9 Å². The molecule has 9 nitrogen and oxygen atoms in total. The van der Waals surface area contributed by atoms with Gasteiger partial charge in [-0.1, -0.05) is 11.6 Å². The van der Waals surface area contributed by atoms with Crippen molar-refractivity contribution in [3.8, 4) is 10.6 Å². The number of nitrogens with one attached hydrogen (secondary N) is 1. The minimum absolute atomic E-state index is 0.00669. The highest BCUT2D eigenvalue weighted by atomic mass is 35.5. The number of nitrogens with zero attached hydrogens (tertiary/aromatic N) is 3. The van der Waals surface area contributed by atoms with Crippen LogP contribution in [0.3, 0.4) is 0 Å². The average molecular weight is 513 g/mol. The first kappa shape index (κ1) is 22.8. The fourth-order valence-corrected chi connectivity index (χ4v) is 6.59. The lowest BCUT2D eigenvalue weighted by Crippen LogP contribution is -2.43. The molecule has 168 valence electrons. The van der Waals surface area contributed by atoms with Crippen molar-refractivity contribution in [3.05, 3.63) is 56.2 Å². The van der Waals surface area contributed by atoms with E-state index < -0.39 is 20.9 Å². The molecule has 1 unspecified atom stereocenters. The summed E-state index contributed by atoms with van der Waals surface area (Å²) < 4.78 is 27.2. The van der Waals surface area contributed by atoms with Crippen molar-refractivity contribution < 1.29 is 18.1 Å². The second kappa shape index (κ2) is 9.24. The molecule has 0 saturated carbocycles. The maximum absolute atomic E-state index is 12.9. The predicted molar refractivity (Wildman–Crippen MR) is 124 cm³/mol. The van der Waals surface area contributed by atoms with E-state index in [1.54, 1.807) is 5.38 Å². The second-order valence-corrected chi connectivity index (χ2v) is 11.3. The topological polar surface area (TPSA) is 123 Å². The minimum Gasteiger partial charge on any atom is -0.302 e. The van der Waals surface area contributed by atoms with Gasteiger partial charge in [0.15, 0.2) is 5.13 Å². The van der Waals surface area contributed by atoms with Crippen LogP contribution in [0.15, 0.2) is 46.0 Å². The Kier molecular flexibility index (Phi) is 6.58. The molecule has 1 aliphatic rings. The van der Waals surface area contributed by atoms with E-state index in [4.69, 9.17) is 11.6 Å². The summed E-state index contributed by atoms with van der Waals surface area (Å²) in [6, 6.07) is 7.38. The molecular weight excluding hydrogens is 496 g/mol. The van der Waals surface area contributed by atoms with Crippen LogP contribution in [0.25, 0.3) is 10.6 Å². The summed E-state index contributed by atoms with van der Waals surface area (Å²) in [5, 5.41) is 17.6. The predicted octanol–water partition coefficient (Wildman–Crippen LogP) is 4.47. The van der Waals surface area contributed by atoms with Gasteiger partial charge in [-0.05, 0) is 37.1 Å². The fourth-order valence-electron chi connectivity index (χ4n) is 3.34. The van der Waals surface area contributed by atoms with Gasteiger partial charge in [-0.2, -0.15) is 4.31 Å². The van der Waals surface area contributed by atoms with Crippen molar-refractivity contribution in [2.45, 2.75) is 17.7 Å². The summed E-state index contributed by atoms with van der Waals surface area (Å²) in [5.74, 6) is -0.819. The van der Waals surface area contributed by atoms with Crippen molar-refractivity contribution in [1.29, 1.82) is 0 Å². The van der Waals surface area contributed by atoms with Gasteiger partial charge in [0.1, 0.15) is 0 Å². The largest absolute Gasteiger partial charge is 0.302 e. The molecule has 0 radical (unpaired) electrons. The average Bonchev–Trinajstić information content (AvgIpc) is 3.44. The number of piperidine rings is 1. The molecule has 0 aliphatic carbocycles. The lowest BCUT2D eigenvalue weighted by Gasteiger charge is -2.31. The zero-order valence-corrected chi connectivity index (χ0v) is 19.6. The van der Waals surface area contributed by atoms with E-state index in [0.717, 1.165) is 0 Å². The zero-order chi connectivity index (χ0) is 22.9. The summed E-state index contributed by atoms with van der Waals surface area (Å²) in [4.78, 5) is 28.3. The summed E-state index contributed by atoms with van der Waals surface area (Å²) in [6.45, 7) is 0.416. The van der Waals surface area contributed by atoms with E-state index in [-0.39, 0.29) is 23.0 Å². The molecule has 1 fully saturated rings. The van der Waals surface area contributed by atoms with Gasteiger partial charge >= 0.3 is 0 Å². The number of halogens is 1. The number of hydrogen-bond donors (Lipinski definition) is 1. The van der Waals surface area contributed by atoms with Gasteiger partial charge in [-0.15, -0.1) is 22.7 Å². The Bertz CT molecular complexity index is 1260. The maximum Gasteiger partial charge on any atom is 0.280 e. The summed E-state index contributed by atoms with van der Waals surface area (Å²) in [5.41, 5.74) is 0.534. The van der Waals surface area contributed by atoms with Gasteiger partial charge < -0.3 is 5.32 Å². The molecule has 3 aromatic rings. The number of aromatic nitrogens is 1. The maximum atomic E-state index is 12.9. The third kappa shape index (κ3) is 4.84. The first-order chi connectivity index (χ1) is 15.2. The molecule has 32 heavy (non-hydrogen) atoms. The number of anilines is 1. The van der Waals surface area contributed by atoms with Crippen molar-refractivity contribution >= 4 is 61.0 Å². The van der Waals surface area contributed by atoms with Gasteiger partial charge in [-0.25, -0.2) is 13.4 Å². The highest BCUT2D eigenvalue weighted by molar-refractivity contribution is 7.89. The first-order valence-corrected chi connectivity index (χ1v) is 13.1. The monoisotopic (exact) mass is 512 g/mol. The Morgan fingerprint density at radius 3 is 2.69 bits per heavy atom. The third-order valence-corrected chi connectivity index (χ3v) is 8.82. The van der Waals surface area contributed by atoms with Crippen LogP contribution in [0.5, 0.6) is 0 Å². The first-order valence-electron chi connectivity index (χ1n) is 9.49. The van der Waals surface area contributed by atoms with Crippen LogP contribution >= 0.6 is 34.3 Å². The molecule has 1 atom stereocenters. The number of benzene rings is 1. The van der Waals surface area contributed by atoms with Gasteiger partial charge in [0.05, 0.1) is 31.7 Å². The van der Waals surface area contributed by atoms with Crippen LogP contribution in [0.4, 0.5) is 10.8 Å². The second-order valence-electron chi connectivity index (χ2n) is 7.11. The van der Waals surface area contributed by atoms with Crippen molar-refractivity contribution in [3.63, 3.8) is 0 Å². The molecule has 2 aromatic heterocycles. The number of carbonyl (C=O) groups is 1. The van der Waals surface area contributed by atoms with Gasteiger partial charge in [0.25, 0.3) is 5.69 Å². The van der Waals surface area contributed by atoms with Crippen LogP contribution in [0, 0.1) is 16.0 Å². The Balaban J connectivity index is 1.43. The van der Waals surface area contributed by atoms with Gasteiger partial charge in [0.2, 0.25) is 15.9 Å². The molecule has 13 heteroatoms. The highest BCUT2D eigenvalue weighted by Gasteiger charge is 2.33. The molecule has 1 aromatic carbocycles. The minimum atomic E-state index is -3.73. The van der Waals surface area contributed by atoms with E-state index >= 15 is 0 Å². The Labute approximate surface area is 196 Å². The van der Waals surface area contributed by atoms with Crippen molar-refractivity contribution in [1.82, 2.24) is 9.29 Å². The van der Waals surface area contributed by atoms with Crippen molar-refractivity contribution in [2.75, 3.05) is 18.4 Å². The fraction of sp³-hybridized carbons (Fsp3) is 0.263. The molecule has 4 rings (SSSR count). The number of thiophene rings is 1. The van der Waals surface area contributed by atoms with Gasteiger partial charge in [0, 0.05) is 29.6 Å². The number of hydrogen-bond acceptors (Lipinski definition) is 8. The molecule has 1 saturated heterocycles. The lowest BCUT2D eigenvalue weighted by atomic mass is 9.99. The highest BCUT2D eigenvalue weighted by Crippen LogP contribution is 2.33. The van der Waals surface area contributed by atoms with Crippen LogP contribution in [-0.2, 0) is 14.8 Å². The standard InChI is InChI=1S/C19H17ClN4O5S3/c20-13-3-5-15(6-4-13)32(28,29)23-7-1-2-12(9-23)18(25)22-19-21-16(11-31-19)17-8-14(10-30-17)24(26)27/h3-6,8,10-12H,1-2,7,9H2,(H,21,22,25). The summed E-state index contributed by atoms with van der Waals surface area (Å²) >= 11 is 8.26. The molecule has 1 aliphatic heterocycles. The smallest absolute Gasteiger partial charge is 0.280 e. The van der Waals surface area contributed by atoms with E-state index in [9.17, 15) is 23.3 Å². The molecular formula is C19H17ClN4O5S3. The Hall–Kier alpha value is -2.38. The van der Waals surface area contributed by atoms with E-state index in [1.165, 1.54) is 62.7 Å². The molecule has 1 amide bonds. The van der Waals surface area contributed by atoms with E-state index in [1.807, 2.05) is 0 Å². The SMILES string of the molecule is O=C(Nc1nc(-c2cc([N+](=O)[O-])cs2)cs1)C1CCCN(S(=O)(=O)c2ccc(Cl)cc2)C1. The molecule has 0 bridgehead atoms. The van der Waals surface area contributed by atoms with E-state index in [0.29, 0.717) is 40.1 Å². The number of rotatable bonds is 6. The molecule has 3 heterocycles. The third-order valence-electron chi connectivity index (χ3n) is 4.99. The van der Waals surface area contributed by atoms with Crippen LogP contribution in [0.2, 0.25) is 5.02 Å². The normalized spacial score (nSPS) is 17.2. The quantitative estimate of drug-likeness (QED) is 0.384. The van der Waals surface area contributed by atoms with Crippen LogP contribution < -0.4 is 5.32 Å². The lowest BCUT2D eigenvalue weighted by molar-refractivity contribution is -0.384. The van der Waals surface area contributed by atoms with E-state index in [2.05, 4.69) is 10.3 Å². The number of carbonyl (C=O) groups excluding carboxylic acids is 1. The Morgan fingerprint density at radius 1 is 1.25 bits per heavy atom. The number of thiazole rings is 1. The zero-order valence-electron chi connectivity index (χ0n) is 16.4. The number of sulfonamides is 1. The van der Waals surface area contributed by atoms with Crippen LogP contribution in [-0.4, -0.2) is 41.6 Å². The van der Waals surface area contributed by atoms with Crippen molar-refractivity contribution in [2.24, 2.45) is 5.92 Å². The number of amides is 1.